The van der Waals surface area contributed by atoms with Crippen LogP contribution in [0, 0.1) is 13.8 Å². The summed E-state index contributed by atoms with van der Waals surface area (Å²) in [6, 6.07) is 1.92. The minimum atomic E-state index is -0.229. The first kappa shape index (κ1) is 10.9. The molecule has 0 aromatic carbocycles. The highest BCUT2D eigenvalue weighted by Crippen LogP contribution is 2.07. The largest absolute Gasteiger partial charge is 0.368 e. The zero-order valence-corrected chi connectivity index (χ0v) is 9.26. The van der Waals surface area contributed by atoms with Crippen LogP contribution in [-0.2, 0) is 0 Å². The molecular weight excluding hydrogens is 176 g/mol. The van der Waals surface area contributed by atoms with E-state index < -0.39 is 0 Å². The Morgan fingerprint density at radius 3 is 2.50 bits per heavy atom. The monoisotopic (exact) mass is 194 g/mol. The van der Waals surface area contributed by atoms with Gasteiger partial charge in [-0.1, -0.05) is 0 Å². The number of hydrogen-bond donors (Lipinski definition) is 2. The second kappa shape index (κ2) is 3.92. The van der Waals surface area contributed by atoms with Gasteiger partial charge in [-0.15, -0.1) is 0 Å². The maximum Gasteiger partial charge on any atom is 0.129 e. The zero-order chi connectivity index (χ0) is 10.8. The van der Waals surface area contributed by atoms with Crippen molar-refractivity contribution in [1.82, 2.24) is 9.97 Å². The fourth-order valence-electron chi connectivity index (χ4n) is 1.13. The van der Waals surface area contributed by atoms with Crippen LogP contribution < -0.4 is 11.1 Å². The molecule has 4 nitrogen and oxygen atoms in total. The molecule has 1 aromatic heterocycles. The van der Waals surface area contributed by atoms with E-state index in [-0.39, 0.29) is 5.54 Å². The molecule has 0 atom stereocenters. The summed E-state index contributed by atoms with van der Waals surface area (Å²) >= 11 is 0. The van der Waals surface area contributed by atoms with Gasteiger partial charge in [0.2, 0.25) is 0 Å². The van der Waals surface area contributed by atoms with Crippen LogP contribution in [0.15, 0.2) is 6.07 Å². The normalized spacial score (nSPS) is 11.5. The molecule has 4 heteroatoms. The molecule has 3 N–H and O–H groups in total. The first-order chi connectivity index (χ1) is 6.37. The van der Waals surface area contributed by atoms with E-state index in [4.69, 9.17) is 5.73 Å². The van der Waals surface area contributed by atoms with Gasteiger partial charge < -0.3 is 11.1 Å². The number of aryl methyl sites for hydroxylation is 2. The van der Waals surface area contributed by atoms with Crippen molar-refractivity contribution in [2.45, 2.75) is 33.2 Å². The average Bonchev–Trinajstić information content (AvgIpc) is 1.97. The minimum absolute atomic E-state index is 0.229. The Morgan fingerprint density at radius 2 is 2.00 bits per heavy atom. The third kappa shape index (κ3) is 3.70. The molecule has 0 spiro atoms. The summed E-state index contributed by atoms with van der Waals surface area (Å²) < 4.78 is 0. The van der Waals surface area contributed by atoms with Crippen LogP contribution in [0.25, 0.3) is 0 Å². The van der Waals surface area contributed by atoms with Crippen molar-refractivity contribution in [2.24, 2.45) is 5.73 Å². The number of nitrogens with two attached hydrogens (primary N) is 1. The lowest BCUT2D eigenvalue weighted by Gasteiger charge is -2.19. The zero-order valence-electron chi connectivity index (χ0n) is 9.26. The average molecular weight is 194 g/mol. The third-order valence-electron chi connectivity index (χ3n) is 1.69. The Balaban J connectivity index is 2.68. The molecule has 0 aliphatic carbocycles. The number of rotatable bonds is 3. The van der Waals surface area contributed by atoms with Gasteiger partial charge in [-0.25, -0.2) is 9.97 Å². The highest BCUT2D eigenvalue weighted by molar-refractivity contribution is 5.36. The van der Waals surface area contributed by atoms with E-state index in [1.54, 1.807) is 0 Å². The smallest absolute Gasteiger partial charge is 0.129 e. The van der Waals surface area contributed by atoms with Crippen LogP contribution in [-0.4, -0.2) is 22.1 Å². The van der Waals surface area contributed by atoms with Gasteiger partial charge in [0, 0.05) is 23.8 Å². The third-order valence-corrected chi connectivity index (χ3v) is 1.69. The first-order valence-corrected chi connectivity index (χ1v) is 4.72. The molecule has 0 bridgehead atoms. The highest BCUT2D eigenvalue weighted by Gasteiger charge is 2.10. The fourth-order valence-corrected chi connectivity index (χ4v) is 1.13. The van der Waals surface area contributed by atoms with E-state index in [9.17, 15) is 0 Å². The fraction of sp³-hybridized carbons (Fsp3) is 0.600. The molecule has 1 rings (SSSR count). The van der Waals surface area contributed by atoms with E-state index in [1.807, 2.05) is 33.8 Å². The van der Waals surface area contributed by atoms with E-state index in [1.165, 1.54) is 0 Å². The predicted molar refractivity (Wildman–Crippen MR) is 58.3 cm³/mol. The molecule has 0 fully saturated rings. The van der Waals surface area contributed by atoms with Crippen LogP contribution in [0.4, 0.5) is 5.82 Å². The summed E-state index contributed by atoms with van der Waals surface area (Å²) in [4.78, 5) is 8.46. The maximum atomic E-state index is 5.85. The summed E-state index contributed by atoms with van der Waals surface area (Å²) in [5, 5.41) is 3.19. The molecule has 0 saturated heterocycles. The van der Waals surface area contributed by atoms with Gasteiger partial charge in [0.25, 0.3) is 0 Å². The Labute approximate surface area is 85.0 Å². The second-order valence-corrected chi connectivity index (χ2v) is 4.28. The van der Waals surface area contributed by atoms with Crippen LogP contribution in [0.2, 0.25) is 0 Å². The molecule has 0 aliphatic heterocycles. The molecule has 0 unspecified atom stereocenters. The number of hydrogen-bond acceptors (Lipinski definition) is 4. The molecule has 0 saturated carbocycles. The topological polar surface area (TPSA) is 63.8 Å². The van der Waals surface area contributed by atoms with E-state index in [0.717, 1.165) is 17.3 Å². The Kier molecular flexibility index (Phi) is 3.06. The number of aromatic nitrogens is 2. The minimum Gasteiger partial charge on any atom is -0.368 e. The molecule has 0 radical (unpaired) electrons. The SMILES string of the molecule is Cc1cc(NCC(C)(C)N)nc(C)n1. The van der Waals surface area contributed by atoms with Gasteiger partial charge in [0.05, 0.1) is 0 Å². The van der Waals surface area contributed by atoms with Crippen molar-refractivity contribution in [1.29, 1.82) is 0 Å². The Hall–Kier alpha value is -1.16. The van der Waals surface area contributed by atoms with Crippen molar-refractivity contribution in [3.63, 3.8) is 0 Å². The van der Waals surface area contributed by atoms with E-state index in [2.05, 4.69) is 15.3 Å². The summed E-state index contributed by atoms with van der Waals surface area (Å²) in [6.45, 7) is 8.48. The number of anilines is 1. The van der Waals surface area contributed by atoms with E-state index >= 15 is 0 Å². The molecule has 1 heterocycles. The predicted octanol–water partition coefficient (Wildman–Crippen LogP) is 1.24. The highest BCUT2D eigenvalue weighted by atomic mass is 15.0. The summed E-state index contributed by atoms with van der Waals surface area (Å²) in [5.41, 5.74) is 6.59. The lowest BCUT2D eigenvalue weighted by Crippen LogP contribution is -2.39. The van der Waals surface area contributed by atoms with Gasteiger partial charge in [0.15, 0.2) is 0 Å². The quantitative estimate of drug-likeness (QED) is 0.760. The van der Waals surface area contributed by atoms with Crippen molar-refractivity contribution in [3.05, 3.63) is 17.6 Å². The first-order valence-electron chi connectivity index (χ1n) is 4.72. The molecule has 1 aromatic rings. The van der Waals surface area contributed by atoms with Gasteiger partial charge >= 0.3 is 0 Å². The standard InChI is InChI=1S/C10H18N4/c1-7-5-9(14-8(2)13-7)12-6-10(3,4)11/h5H,6,11H2,1-4H3,(H,12,13,14). The molecule has 0 amide bonds. The lowest BCUT2D eigenvalue weighted by molar-refractivity contribution is 0.548. The second-order valence-electron chi connectivity index (χ2n) is 4.28. The molecule has 0 aliphatic rings. The summed E-state index contributed by atoms with van der Waals surface area (Å²) in [6.07, 6.45) is 0. The Morgan fingerprint density at radius 1 is 1.36 bits per heavy atom. The summed E-state index contributed by atoms with van der Waals surface area (Å²) in [5.74, 6) is 1.62. The van der Waals surface area contributed by atoms with Crippen molar-refractivity contribution in [2.75, 3.05) is 11.9 Å². The van der Waals surface area contributed by atoms with Crippen LogP contribution in [0.3, 0.4) is 0 Å². The van der Waals surface area contributed by atoms with Crippen LogP contribution in [0.5, 0.6) is 0 Å². The van der Waals surface area contributed by atoms with Crippen LogP contribution in [0.1, 0.15) is 25.4 Å². The molecule has 78 valence electrons. The van der Waals surface area contributed by atoms with Crippen molar-refractivity contribution < 1.29 is 0 Å². The van der Waals surface area contributed by atoms with Gasteiger partial charge in [0.1, 0.15) is 11.6 Å². The molecule has 14 heavy (non-hydrogen) atoms. The Bertz CT molecular complexity index is 294. The van der Waals surface area contributed by atoms with Crippen LogP contribution >= 0.6 is 0 Å². The number of nitrogens with zero attached hydrogens (tertiary/aromatic N) is 2. The summed E-state index contributed by atoms with van der Waals surface area (Å²) in [7, 11) is 0. The van der Waals surface area contributed by atoms with Gasteiger partial charge in [-0.2, -0.15) is 0 Å². The molecular formula is C10H18N4. The van der Waals surface area contributed by atoms with Crippen molar-refractivity contribution >= 4 is 5.82 Å². The number of nitrogens with one attached hydrogen (secondary N) is 1. The maximum absolute atomic E-state index is 5.85. The van der Waals surface area contributed by atoms with Gasteiger partial charge in [-0.05, 0) is 27.7 Å². The lowest BCUT2D eigenvalue weighted by atomic mass is 10.1. The van der Waals surface area contributed by atoms with E-state index in [0.29, 0.717) is 6.54 Å². The van der Waals surface area contributed by atoms with Crippen molar-refractivity contribution in [3.8, 4) is 0 Å². The van der Waals surface area contributed by atoms with Gasteiger partial charge in [-0.3, -0.25) is 0 Å².